The highest BCUT2D eigenvalue weighted by atomic mass is 19.4. The number of alkyl halides is 3. The zero-order chi connectivity index (χ0) is 14.4. The minimum Gasteiger partial charge on any atom is -0.399 e. The summed E-state index contributed by atoms with van der Waals surface area (Å²) in [5.41, 5.74) is 6.76. The quantitative estimate of drug-likeness (QED) is 0.880. The molecule has 0 spiro atoms. The molecule has 0 aliphatic heterocycles. The summed E-state index contributed by atoms with van der Waals surface area (Å²) < 4.78 is 41.9. The van der Waals surface area contributed by atoms with Gasteiger partial charge in [0.2, 0.25) is 5.89 Å². The fourth-order valence-electron chi connectivity index (χ4n) is 2.25. The third kappa shape index (κ3) is 2.35. The maximum Gasteiger partial charge on any atom is 0.396 e. The molecule has 1 aromatic heterocycles. The molecule has 3 rings (SSSR count). The highest BCUT2D eigenvalue weighted by Crippen LogP contribution is 2.52. The van der Waals surface area contributed by atoms with Crippen LogP contribution in [0.25, 0.3) is 0 Å². The smallest absolute Gasteiger partial charge is 0.396 e. The molecule has 106 valence electrons. The molecule has 2 aromatic rings. The molecule has 20 heavy (non-hydrogen) atoms. The van der Waals surface area contributed by atoms with E-state index in [-0.39, 0.29) is 11.7 Å². The molecular formula is C13H12F3N3O. The van der Waals surface area contributed by atoms with Gasteiger partial charge in [-0.1, -0.05) is 17.3 Å². The van der Waals surface area contributed by atoms with E-state index in [2.05, 4.69) is 10.1 Å². The van der Waals surface area contributed by atoms with E-state index >= 15 is 0 Å². The minimum atomic E-state index is -4.33. The predicted octanol–water partition coefficient (Wildman–Crippen LogP) is 2.84. The largest absolute Gasteiger partial charge is 0.399 e. The number of hydrogen-bond donors (Lipinski definition) is 1. The SMILES string of the molecule is Nc1ccc(C2(c3nc(CC(F)(F)F)no3)CC2)cc1. The minimum absolute atomic E-state index is 0.251. The van der Waals surface area contributed by atoms with Gasteiger partial charge in [0.25, 0.3) is 0 Å². The first-order chi connectivity index (χ1) is 9.39. The normalized spacial score (nSPS) is 17.1. The lowest BCUT2D eigenvalue weighted by Gasteiger charge is -2.10. The molecule has 0 amide bonds. The molecule has 1 saturated carbocycles. The van der Waals surface area contributed by atoms with Crippen molar-refractivity contribution in [3.8, 4) is 0 Å². The maximum absolute atomic E-state index is 12.3. The van der Waals surface area contributed by atoms with Crippen molar-refractivity contribution in [1.82, 2.24) is 10.1 Å². The summed E-state index contributed by atoms with van der Waals surface area (Å²) in [5.74, 6) is -0.0734. The van der Waals surface area contributed by atoms with Crippen LogP contribution < -0.4 is 5.73 Å². The third-order valence-corrected chi connectivity index (χ3v) is 3.45. The second kappa shape index (κ2) is 4.22. The summed E-state index contributed by atoms with van der Waals surface area (Å²) in [6, 6.07) is 7.19. The van der Waals surface area contributed by atoms with Crippen molar-refractivity contribution in [2.45, 2.75) is 30.9 Å². The Balaban J connectivity index is 1.87. The van der Waals surface area contributed by atoms with E-state index in [1.165, 1.54) is 0 Å². The van der Waals surface area contributed by atoms with Crippen molar-refractivity contribution in [2.24, 2.45) is 0 Å². The number of nitrogens with zero attached hydrogens (tertiary/aromatic N) is 2. The molecule has 1 aliphatic rings. The van der Waals surface area contributed by atoms with Gasteiger partial charge < -0.3 is 10.3 Å². The fourth-order valence-corrected chi connectivity index (χ4v) is 2.25. The molecule has 7 heteroatoms. The summed E-state index contributed by atoms with van der Waals surface area (Å²) in [6.45, 7) is 0. The van der Waals surface area contributed by atoms with Crippen LogP contribution >= 0.6 is 0 Å². The van der Waals surface area contributed by atoms with Crippen molar-refractivity contribution >= 4 is 5.69 Å². The zero-order valence-electron chi connectivity index (χ0n) is 10.4. The number of aromatic nitrogens is 2. The summed E-state index contributed by atoms with van der Waals surface area (Å²) in [5, 5.41) is 3.42. The van der Waals surface area contributed by atoms with E-state index in [9.17, 15) is 13.2 Å². The van der Waals surface area contributed by atoms with Crippen LogP contribution in [0.1, 0.15) is 30.1 Å². The molecule has 4 nitrogen and oxygen atoms in total. The summed E-state index contributed by atoms with van der Waals surface area (Å²) in [7, 11) is 0. The van der Waals surface area contributed by atoms with Crippen molar-refractivity contribution in [1.29, 1.82) is 0 Å². The Hall–Kier alpha value is -2.05. The van der Waals surface area contributed by atoms with E-state index in [1.807, 2.05) is 12.1 Å². The Labute approximate surface area is 112 Å². The summed E-state index contributed by atoms with van der Waals surface area (Å²) >= 11 is 0. The molecule has 2 N–H and O–H groups in total. The average Bonchev–Trinajstić information content (AvgIpc) is 3.04. The van der Waals surface area contributed by atoms with Crippen LogP contribution in [0.15, 0.2) is 28.8 Å². The van der Waals surface area contributed by atoms with Crippen LogP contribution in [-0.4, -0.2) is 16.3 Å². The highest BCUT2D eigenvalue weighted by molar-refractivity contribution is 5.45. The molecule has 0 saturated heterocycles. The number of nitrogens with two attached hydrogens (primary N) is 1. The van der Waals surface area contributed by atoms with Gasteiger partial charge in [-0.05, 0) is 30.5 Å². The molecular weight excluding hydrogens is 271 g/mol. The lowest BCUT2D eigenvalue weighted by molar-refractivity contribution is -0.128. The number of nitrogen functional groups attached to an aromatic ring is 1. The monoisotopic (exact) mass is 283 g/mol. The van der Waals surface area contributed by atoms with Gasteiger partial charge in [-0.15, -0.1) is 0 Å². The van der Waals surface area contributed by atoms with Crippen LogP contribution in [0, 0.1) is 0 Å². The first kappa shape index (κ1) is 13.0. The molecule has 0 radical (unpaired) electrons. The van der Waals surface area contributed by atoms with Gasteiger partial charge in [-0.2, -0.15) is 18.2 Å². The topological polar surface area (TPSA) is 64.9 Å². The second-order valence-electron chi connectivity index (χ2n) is 5.01. The Kier molecular flexibility index (Phi) is 2.74. The van der Waals surface area contributed by atoms with E-state index in [1.54, 1.807) is 12.1 Å². The van der Waals surface area contributed by atoms with Gasteiger partial charge in [-0.3, -0.25) is 0 Å². The predicted molar refractivity (Wildman–Crippen MR) is 64.9 cm³/mol. The lowest BCUT2D eigenvalue weighted by atomic mass is 9.96. The Morgan fingerprint density at radius 3 is 2.40 bits per heavy atom. The number of benzene rings is 1. The van der Waals surface area contributed by atoms with E-state index in [0.717, 1.165) is 18.4 Å². The third-order valence-electron chi connectivity index (χ3n) is 3.45. The molecule has 0 bridgehead atoms. The number of hydrogen-bond acceptors (Lipinski definition) is 4. The van der Waals surface area contributed by atoms with Gasteiger partial charge in [0, 0.05) is 5.69 Å². The molecule has 0 unspecified atom stereocenters. The molecule has 0 atom stereocenters. The van der Waals surface area contributed by atoms with E-state index < -0.39 is 18.0 Å². The molecule has 1 fully saturated rings. The fraction of sp³-hybridized carbons (Fsp3) is 0.385. The number of halogens is 3. The molecule has 1 aromatic carbocycles. The van der Waals surface area contributed by atoms with Gasteiger partial charge in [0.05, 0.1) is 5.41 Å². The standard InChI is InChI=1S/C13H12F3N3O/c14-13(15,16)7-10-18-11(20-19-10)12(5-6-12)8-1-3-9(17)4-2-8/h1-4H,5-7,17H2. The van der Waals surface area contributed by atoms with Gasteiger partial charge >= 0.3 is 6.18 Å². The highest BCUT2D eigenvalue weighted by Gasteiger charge is 2.51. The summed E-state index contributed by atoms with van der Waals surface area (Å²) in [6.07, 6.45) is -3.94. The zero-order valence-corrected chi connectivity index (χ0v) is 10.4. The first-order valence-corrected chi connectivity index (χ1v) is 6.15. The number of anilines is 1. The van der Waals surface area contributed by atoms with E-state index in [4.69, 9.17) is 10.3 Å². The van der Waals surface area contributed by atoms with Gasteiger partial charge in [0.1, 0.15) is 6.42 Å². The number of rotatable bonds is 3. The van der Waals surface area contributed by atoms with Crippen LogP contribution in [0.4, 0.5) is 18.9 Å². The van der Waals surface area contributed by atoms with Crippen molar-refractivity contribution in [3.05, 3.63) is 41.5 Å². The van der Waals surface area contributed by atoms with Crippen LogP contribution in [0.5, 0.6) is 0 Å². The van der Waals surface area contributed by atoms with Crippen LogP contribution in [-0.2, 0) is 11.8 Å². The first-order valence-electron chi connectivity index (χ1n) is 6.15. The average molecular weight is 283 g/mol. The van der Waals surface area contributed by atoms with Crippen molar-refractivity contribution in [2.75, 3.05) is 5.73 Å². The van der Waals surface area contributed by atoms with Crippen LogP contribution in [0.3, 0.4) is 0 Å². The maximum atomic E-state index is 12.3. The molecule has 1 heterocycles. The lowest BCUT2D eigenvalue weighted by Crippen LogP contribution is -2.13. The Morgan fingerprint density at radius 2 is 1.85 bits per heavy atom. The molecule has 1 aliphatic carbocycles. The van der Waals surface area contributed by atoms with Crippen LogP contribution in [0.2, 0.25) is 0 Å². The van der Waals surface area contributed by atoms with Gasteiger partial charge in [-0.25, -0.2) is 0 Å². The summed E-state index contributed by atoms with van der Waals surface area (Å²) in [4.78, 5) is 3.90. The Morgan fingerprint density at radius 1 is 1.20 bits per heavy atom. The second-order valence-corrected chi connectivity index (χ2v) is 5.01. The van der Waals surface area contributed by atoms with E-state index in [0.29, 0.717) is 5.69 Å². The van der Waals surface area contributed by atoms with Crippen molar-refractivity contribution in [3.63, 3.8) is 0 Å². The van der Waals surface area contributed by atoms with Gasteiger partial charge in [0.15, 0.2) is 5.82 Å². The Bertz CT molecular complexity index is 615. The van der Waals surface area contributed by atoms with Crippen molar-refractivity contribution < 1.29 is 17.7 Å².